The fourth-order valence-corrected chi connectivity index (χ4v) is 1.32. The van der Waals surface area contributed by atoms with Crippen molar-refractivity contribution in [3.63, 3.8) is 0 Å². The first-order chi connectivity index (χ1) is 6.29. The molecular weight excluding hydrogens is 232 g/mol. The third kappa shape index (κ3) is 2.12. The summed E-state index contributed by atoms with van der Waals surface area (Å²) in [7, 11) is 1.87. The highest BCUT2D eigenvalue weighted by Gasteiger charge is 2.24. The summed E-state index contributed by atoms with van der Waals surface area (Å²) in [4.78, 5) is 4.16. The molecule has 3 nitrogen and oxygen atoms in total. The Kier molecular flexibility index (Phi) is 2.40. The predicted molar refractivity (Wildman–Crippen MR) is 55.1 cm³/mol. The maximum Gasteiger partial charge on any atom is 0.154 e. The molecule has 1 aliphatic rings. The third-order valence-corrected chi connectivity index (χ3v) is 2.51. The normalized spacial score (nSPS) is 15.5. The zero-order valence-electron chi connectivity index (χ0n) is 7.38. The van der Waals surface area contributed by atoms with Crippen molar-refractivity contribution >= 4 is 21.6 Å². The van der Waals surface area contributed by atoms with Crippen LogP contribution in [-0.4, -0.2) is 18.1 Å². The second kappa shape index (κ2) is 3.54. The molecule has 1 fully saturated rings. The van der Waals surface area contributed by atoms with Gasteiger partial charge < -0.3 is 10.1 Å². The first-order valence-electron chi connectivity index (χ1n) is 4.29. The standard InChI is InChI=1S/C9H11BrN2O/c1-11-6-4-8(9(10)12-5-6)13-7-2-3-7/h4-5,7,11H,2-3H2,1H3. The summed E-state index contributed by atoms with van der Waals surface area (Å²) < 4.78 is 6.43. The molecule has 0 aliphatic heterocycles. The van der Waals surface area contributed by atoms with E-state index in [0.29, 0.717) is 6.10 Å². The quantitative estimate of drug-likeness (QED) is 0.828. The number of ether oxygens (including phenoxy) is 1. The minimum Gasteiger partial charge on any atom is -0.488 e. The minimum atomic E-state index is 0.408. The summed E-state index contributed by atoms with van der Waals surface area (Å²) in [6.45, 7) is 0. The van der Waals surface area contributed by atoms with Crippen molar-refractivity contribution in [2.45, 2.75) is 18.9 Å². The van der Waals surface area contributed by atoms with E-state index in [4.69, 9.17) is 4.74 Å². The van der Waals surface area contributed by atoms with Crippen molar-refractivity contribution in [3.05, 3.63) is 16.9 Å². The fraction of sp³-hybridized carbons (Fsp3) is 0.444. The molecule has 0 unspecified atom stereocenters. The predicted octanol–water partition coefficient (Wildman–Crippen LogP) is 2.43. The lowest BCUT2D eigenvalue weighted by Crippen LogP contribution is -1.99. The van der Waals surface area contributed by atoms with Gasteiger partial charge in [0.05, 0.1) is 18.0 Å². The number of pyridine rings is 1. The number of hydrogen-bond acceptors (Lipinski definition) is 3. The van der Waals surface area contributed by atoms with Gasteiger partial charge in [0, 0.05) is 13.1 Å². The van der Waals surface area contributed by atoms with Crippen LogP contribution in [0.4, 0.5) is 5.69 Å². The van der Waals surface area contributed by atoms with Gasteiger partial charge in [-0.1, -0.05) is 0 Å². The van der Waals surface area contributed by atoms with Crippen LogP contribution in [0.3, 0.4) is 0 Å². The summed E-state index contributed by atoms with van der Waals surface area (Å²) in [5.41, 5.74) is 0.971. The summed E-state index contributed by atoms with van der Waals surface area (Å²) in [6, 6.07) is 1.95. The second-order valence-corrected chi connectivity index (χ2v) is 3.83. The highest BCUT2D eigenvalue weighted by atomic mass is 79.9. The van der Waals surface area contributed by atoms with Crippen LogP contribution < -0.4 is 10.1 Å². The van der Waals surface area contributed by atoms with Gasteiger partial charge in [-0.15, -0.1) is 0 Å². The van der Waals surface area contributed by atoms with E-state index < -0.39 is 0 Å². The van der Waals surface area contributed by atoms with E-state index in [9.17, 15) is 0 Å². The summed E-state index contributed by atoms with van der Waals surface area (Å²) in [5, 5.41) is 3.02. The van der Waals surface area contributed by atoms with E-state index in [-0.39, 0.29) is 0 Å². The van der Waals surface area contributed by atoms with Crippen molar-refractivity contribution in [1.82, 2.24) is 4.98 Å². The summed E-state index contributed by atoms with van der Waals surface area (Å²) >= 11 is 3.35. The van der Waals surface area contributed by atoms with Gasteiger partial charge >= 0.3 is 0 Å². The SMILES string of the molecule is CNc1cnc(Br)c(OC2CC2)c1. The Balaban J connectivity index is 2.19. The first kappa shape index (κ1) is 8.81. The molecule has 1 aromatic rings. The number of hydrogen-bond donors (Lipinski definition) is 1. The van der Waals surface area contributed by atoms with Gasteiger partial charge in [-0.3, -0.25) is 0 Å². The molecule has 4 heteroatoms. The number of nitrogens with zero attached hydrogens (tertiary/aromatic N) is 1. The molecule has 70 valence electrons. The van der Waals surface area contributed by atoms with E-state index in [1.54, 1.807) is 6.20 Å². The van der Waals surface area contributed by atoms with Crippen molar-refractivity contribution in [3.8, 4) is 5.75 Å². The van der Waals surface area contributed by atoms with Gasteiger partial charge in [0.25, 0.3) is 0 Å². The zero-order valence-corrected chi connectivity index (χ0v) is 8.97. The highest BCUT2D eigenvalue weighted by Crippen LogP contribution is 2.32. The van der Waals surface area contributed by atoms with Crippen LogP contribution in [0.2, 0.25) is 0 Å². The number of aromatic nitrogens is 1. The van der Waals surface area contributed by atoms with Gasteiger partial charge in [-0.05, 0) is 28.8 Å². The topological polar surface area (TPSA) is 34.2 Å². The van der Waals surface area contributed by atoms with Gasteiger partial charge in [0.1, 0.15) is 4.60 Å². The lowest BCUT2D eigenvalue weighted by molar-refractivity contribution is 0.300. The lowest BCUT2D eigenvalue weighted by Gasteiger charge is -2.07. The molecule has 1 saturated carbocycles. The maximum absolute atomic E-state index is 5.65. The molecule has 13 heavy (non-hydrogen) atoms. The fourth-order valence-electron chi connectivity index (χ4n) is 1.01. The van der Waals surface area contributed by atoms with Gasteiger partial charge in [0.15, 0.2) is 5.75 Å². The van der Waals surface area contributed by atoms with Crippen LogP contribution in [0.5, 0.6) is 5.75 Å². The van der Waals surface area contributed by atoms with Gasteiger partial charge in [-0.25, -0.2) is 4.98 Å². The maximum atomic E-state index is 5.65. The molecule has 0 bridgehead atoms. The number of rotatable bonds is 3. The van der Waals surface area contributed by atoms with Gasteiger partial charge in [0.2, 0.25) is 0 Å². The number of halogens is 1. The summed E-state index contributed by atoms with van der Waals surface area (Å²) in [5.74, 6) is 0.828. The molecule has 0 spiro atoms. The molecule has 0 radical (unpaired) electrons. The zero-order chi connectivity index (χ0) is 9.26. The Bertz CT molecular complexity index is 312. The monoisotopic (exact) mass is 242 g/mol. The van der Waals surface area contributed by atoms with Crippen molar-refractivity contribution in [2.24, 2.45) is 0 Å². The minimum absolute atomic E-state index is 0.408. The lowest BCUT2D eigenvalue weighted by atomic mass is 10.4. The van der Waals surface area contributed by atoms with Crippen molar-refractivity contribution < 1.29 is 4.74 Å². The Labute approximate surface area is 85.6 Å². The average molecular weight is 243 g/mol. The molecule has 1 N–H and O–H groups in total. The van der Waals surface area contributed by atoms with Crippen LogP contribution in [0.1, 0.15) is 12.8 Å². The Morgan fingerprint density at radius 1 is 1.62 bits per heavy atom. The van der Waals surface area contributed by atoms with Crippen LogP contribution in [-0.2, 0) is 0 Å². The van der Waals surface area contributed by atoms with Crippen LogP contribution >= 0.6 is 15.9 Å². The molecule has 2 rings (SSSR count). The Hall–Kier alpha value is -0.770. The smallest absolute Gasteiger partial charge is 0.154 e. The molecule has 1 heterocycles. The molecule has 1 aliphatic carbocycles. The molecule has 0 amide bonds. The second-order valence-electron chi connectivity index (χ2n) is 3.08. The van der Waals surface area contributed by atoms with Crippen molar-refractivity contribution in [1.29, 1.82) is 0 Å². The Morgan fingerprint density at radius 3 is 3.00 bits per heavy atom. The van der Waals surface area contributed by atoms with Crippen LogP contribution in [0.25, 0.3) is 0 Å². The first-order valence-corrected chi connectivity index (χ1v) is 5.09. The average Bonchev–Trinajstić information content (AvgIpc) is 2.93. The van der Waals surface area contributed by atoms with Crippen molar-refractivity contribution in [2.75, 3.05) is 12.4 Å². The van der Waals surface area contributed by atoms with Crippen LogP contribution in [0.15, 0.2) is 16.9 Å². The van der Waals surface area contributed by atoms with E-state index >= 15 is 0 Å². The Morgan fingerprint density at radius 2 is 2.38 bits per heavy atom. The van der Waals surface area contributed by atoms with Gasteiger partial charge in [-0.2, -0.15) is 0 Å². The molecule has 0 atom stereocenters. The van der Waals surface area contributed by atoms with E-state index in [1.165, 1.54) is 0 Å². The van der Waals surface area contributed by atoms with E-state index in [2.05, 4.69) is 26.2 Å². The molecule has 1 aromatic heterocycles. The van der Waals surface area contributed by atoms with Crippen LogP contribution in [0, 0.1) is 0 Å². The highest BCUT2D eigenvalue weighted by molar-refractivity contribution is 9.10. The third-order valence-electron chi connectivity index (χ3n) is 1.91. The number of anilines is 1. The summed E-state index contributed by atoms with van der Waals surface area (Å²) in [6.07, 6.45) is 4.50. The molecular formula is C9H11BrN2O. The molecule has 0 aromatic carbocycles. The van der Waals surface area contributed by atoms with E-state index in [0.717, 1.165) is 28.9 Å². The molecule has 0 saturated heterocycles. The number of nitrogens with one attached hydrogen (secondary N) is 1. The van der Waals surface area contributed by atoms with E-state index in [1.807, 2.05) is 13.1 Å². The largest absolute Gasteiger partial charge is 0.488 e.